The number of hydrogen-bond donors (Lipinski definition) is 2. The third-order valence-electron chi connectivity index (χ3n) is 4.55. The van der Waals surface area contributed by atoms with E-state index >= 15 is 0 Å². The predicted molar refractivity (Wildman–Crippen MR) is 112 cm³/mol. The maximum Gasteiger partial charge on any atom is 0.338 e. The lowest BCUT2D eigenvalue weighted by molar-refractivity contribution is -0.139. The Kier molecular flexibility index (Phi) is 6.90. The van der Waals surface area contributed by atoms with Crippen molar-refractivity contribution in [2.24, 2.45) is 0 Å². The van der Waals surface area contributed by atoms with Gasteiger partial charge in [-0.2, -0.15) is 0 Å². The third kappa shape index (κ3) is 5.37. The molecule has 0 fully saturated rings. The van der Waals surface area contributed by atoms with E-state index in [2.05, 4.69) is 10.6 Å². The Balaban J connectivity index is 1.91. The maximum atomic E-state index is 12.8. The zero-order chi connectivity index (χ0) is 20.8. The Bertz CT molecular complexity index is 915. The van der Waals surface area contributed by atoms with Crippen LogP contribution >= 0.6 is 11.6 Å². The molecule has 1 unspecified atom stereocenters. The van der Waals surface area contributed by atoms with Gasteiger partial charge in [0, 0.05) is 23.8 Å². The van der Waals surface area contributed by atoms with Gasteiger partial charge in [0.15, 0.2) is 0 Å². The minimum atomic E-state index is -0.571. The van der Waals surface area contributed by atoms with Gasteiger partial charge in [0.1, 0.15) is 0 Å². The van der Waals surface area contributed by atoms with Crippen LogP contribution in [0.2, 0.25) is 5.02 Å². The van der Waals surface area contributed by atoms with Crippen LogP contribution in [0.5, 0.6) is 0 Å². The van der Waals surface area contributed by atoms with Crippen molar-refractivity contribution in [2.75, 3.05) is 20.2 Å². The maximum absolute atomic E-state index is 12.8. The van der Waals surface area contributed by atoms with Crippen LogP contribution in [-0.4, -0.2) is 37.1 Å². The largest absolute Gasteiger partial charge is 0.463 e. The van der Waals surface area contributed by atoms with Gasteiger partial charge in [-0.05, 0) is 37.2 Å². The number of hydrogen-bond acceptors (Lipinski definition) is 4. The SMILES string of the molecule is CCOC(=O)C1=C(CN(C)Cc2cccc(Cl)c2)NC(=O)NC1c1ccccc1. The fourth-order valence-corrected chi connectivity index (χ4v) is 3.57. The van der Waals surface area contributed by atoms with E-state index in [1.54, 1.807) is 6.92 Å². The zero-order valence-corrected chi connectivity index (χ0v) is 17.2. The van der Waals surface area contributed by atoms with Crippen LogP contribution in [-0.2, 0) is 16.1 Å². The summed E-state index contributed by atoms with van der Waals surface area (Å²) in [5, 5.41) is 6.30. The minimum absolute atomic E-state index is 0.253. The second-order valence-corrected chi connectivity index (χ2v) is 7.29. The molecule has 1 atom stereocenters. The summed E-state index contributed by atoms with van der Waals surface area (Å²) in [7, 11) is 1.92. The van der Waals surface area contributed by atoms with E-state index in [0.29, 0.717) is 29.4 Å². The summed E-state index contributed by atoms with van der Waals surface area (Å²) in [5.74, 6) is -0.444. The first-order valence-electron chi connectivity index (χ1n) is 9.43. The normalized spacial score (nSPS) is 16.4. The third-order valence-corrected chi connectivity index (χ3v) is 4.79. The first-order chi connectivity index (χ1) is 14.0. The molecule has 0 bridgehead atoms. The zero-order valence-electron chi connectivity index (χ0n) is 16.4. The molecule has 1 heterocycles. The molecule has 0 saturated heterocycles. The van der Waals surface area contributed by atoms with E-state index < -0.39 is 12.0 Å². The molecule has 1 aliphatic heterocycles. The summed E-state index contributed by atoms with van der Waals surface area (Å²) in [6.07, 6.45) is 0. The number of halogens is 1. The van der Waals surface area contributed by atoms with Crippen LogP contribution in [0.1, 0.15) is 24.1 Å². The molecule has 2 aromatic rings. The van der Waals surface area contributed by atoms with Crippen LogP contribution in [0.4, 0.5) is 4.79 Å². The summed E-state index contributed by atoms with van der Waals surface area (Å²) < 4.78 is 5.29. The average molecular weight is 414 g/mol. The van der Waals surface area contributed by atoms with Gasteiger partial charge in [-0.1, -0.05) is 54.1 Å². The molecule has 1 aliphatic rings. The molecule has 0 radical (unpaired) electrons. The Morgan fingerprint density at radius 2 is 1.90 bits per heavy atom. The molecule has 0 spiro atoms. The molecule has 0 aliphatic carbocycles. The van der Waals surface area contributed by atoms with Gasteiger partial charge in [-0.3, -0.25) is 4.90 Å². The van der Waals surface area contributed by atoms with E-state index in [9.17, 15) is 9.59 Å². The highest BCUT2D eigenvalue weighted by Crippen LogP contribution is 2.28. The Labute approximate surface area is 175 Å². The number of nitrogens with one attached hydrogen (secondary N) is 2. The van der Waals surface area contributed by atoms with Gasteiger partial charge in [-0.25, -0.2) is 9.59 Å². The smallest absolute Gasteiger partial charge is 0.338 e. The molecule has 6 nitrogen and oxygen atoms in total. The predicted octanol–water partition coefficient (Wildman–Crippen LogP) is 3.64. The molecule has 152 valence electrons. The number of benzene rings is 2. The highest BCUT2D eigenvalue weighted by molar-refractivity contribution is 6.30. The molecule has 2 amide bonds. The molecular formula is C22H24ClN3O3. The summed E-state index contributed by atoms with van der Waals surface area (Å²) in [4.78, 5) is 27.1. The monoisotopic (exact) mass is 413 g/mol. The lowest BCUT2D eigenvalue weighted by Crippen LogP contribution is -2.48. The molecule has 2 aromatic carbocycles. The van der Waals surface area contributed by atoms with Gasteiger partial charge in [0.2, 0.25) is 0 Å². The fourth-order valence-electron chi connectivity index (χ4n) is 3.36. The van der Waals surface area contributed by atoms with Gasteiger partial charge in [0.05, 0.1) is 18.2 Å². The van der Waals surface area contributed by atoms with Crippen molar-refractivity contribution >= 4 is 23.6 Å². The summed E-state index contributed by atoms with van der Waals surface area (Å²) in [6.45, 7) is 3.00. The van der Waals surface area contributed by atoms with E-state index in [4.69, 9.17) is 16.3 Å². The lowest BCUT2D eigenvalue weighted by Gasteiger charge is -2.31. The number of urea groups is 1. The number of likely N-dealkylation sites (N-methyl/N-ethyl adjacent to an activating group) is 1. The number of esters is 1. The molecule has 29 heavy (non-hydrogen) atoms. The summed E-state index contributed by atoms with van der Waals surface area (Å²) in [6, 6.07) is 16.1. The van der Waals surface area contributed by atoms with E-state index in [1.165, 1.54) is 0 Å². The first kappa shape index (κ1) is 20.9. The van der Waals surface area contributed by atoms with Gasteiger partial charge < -0.3 is 15.4 Å². The number of nitrogens with zero attached hydrogens (tertiary/aromatic N) is 1. The molecule has 0 saturated carbocycles. The molecule has 2 N–H and O–H groups in total. The average Bonchev–Trinajstić information content (AvgIpc) is 2.68. The van der Waals surface area contributed by atoms with Crippen molar-refractivity contribution < 1.29 is 14.3 Å². The topological polar surface area (TPSA) is 70.7 Å². The van der Waals surface area contributed by atoms with Crippen molar-refractivity contribution in [3.05, 3.63) is 82.0 Å². The Morgan fingerprint density at radius 1 is 1.14 bits per heavy atom. The second kappa shape index (κ2) is 9.58. The van der Waals surface area contributed by atoms with Crippen LogP contribution in [0.3, 0.4) is 0 Å². The first-order valence-corrected chi connectivity index (χ1v) is 9.81. The van der Waals surface area contributed by atoms with E-state index in [-0.39, 0.29) is 12.6 Å². The van der Waals surface area contributed by atoms with Crippen molar-refractivity contribution in [3.8, 4) is 0 Å². The lowest BCUT2D eigenvalue weighted by atomic mass is 9.95. The number of ether oxygens (including phenoxy) is 1. The van der Waals surface area contributed by atoms with Gasteiger partial charge >= 0.3 is 12.0 Å². The Hall–Kier alpha value is -2.83. The quantitative estimate of drug-likeness (QED) is 0.680. The van der Waals surface area contributed by atoms with Crippen molar-refractivity contribution in [1.29, 1.82) is 0 Å². The summed E-state index contributed by atoms with van der Waals surface area (Å²) in [5.41, 5.74) is 2.81. The Morgan fingerprint density at radius 3 is 2.59 bits per heavy atom. The highest BCUT2D eigenvalue weighted by Gasteiger charge is 2.33. The number of carbonyl (C=O) groups excluding carboxylic acids is 2. The van der Waals surface area contributed by atoms with Crippen molar-refractivity contribution in [3.63, 3.8) is 0 Å². The number of amides is 2. The van der Waals surface area contributed by atoms with E-state index in [1.807, 2.05) is 66.5 Å². The molecular weight excluding hydrogens is 390 g/mol. The summed E-state index contributed by atoms with van der Waals surface area (Å²) >= 11 is 6.07. The molecule has 3 rings (SSSR count). The van der Waals surface area contributed by atoms with Gasteiger partial charge in [0.25, 0.3) is 0 Å². The minimum Gasteiger partial charge on any atom is -0.463 e. The highest BCUT2D eigenvalue weighted by atomic mass is 35.5. The van der Waals surface area contributed by atoms with Crippen LogP contribution in [0, 0.1) is 0 Å². The molecule has 7 heteroatoms. The van der Waals surface area contributed by atoms with Crippen LogP contribution in [0.15, 0.2) is 65.9 Å². The van der Waals surface area contributed by atoms with Crippen LogP contribution < -0.4 is 10.6 Å². The number of carbonyl (C=O) groups is 2. The van der Waals surface area contributed by atoms with Crippen molar-refractivity contribution in [2.45, 2.75) is 19.5 Å². The molecule has 0 aromatic heterocycles. The standard InChI is InChI=1S/C22H24ClN3O3/c1-3-29-21(27)19-18(14-26(2)13-15-8-7-11-17(23)12-15)24-22(28)25-20(19)16-9-5-4-6-10-16/h4-12,20H,3,13-14H2,1-2H3,(H2,24,25,28). The van der Waals surface area contributed by atoms with Crippen molar-refractivity contribution in [1.82, 2.24) is 15.5 Å². The fraction of sp³-hybridized carbons (Fsp3) is 0.273. The van der Waals surface area contributed by atoms with Gasteiger partial charge in [-0.15, -0.1) is 0 Å². The van der Waals surface area contributed by atoms with E-state index in [0.717, 1.165) is 11.1 Å². The number of rotatable bonds is 7. The second-order valence-electron chi connectivity index (χ2n) is 6.86. The van der Waals surface area contributed by atoms with Crippen LogP contribution in [0.25, 0.3) is 0 Å².